The SMILES string of the molecule is CCCc1ccc(C(C)Nc2c(F)cccc2Br)cc1. The molecular formula is C17H19BrFN. The van der Waals surface area contributed by atoms with Crippen molar-refractivity contribution in [3.05, 3.63) is 63.9 Å². The van der Waals surface area contributed by atoms with Crippen LogP contribution in [0.5, 0.6) is 0 Å². The molecule has 20 heavy (non-hydrogen) atoms. The number of nitrogens with one attached hydrogen (secondary N) is 1. The van der Waals surface area contributed by atoms with Crippen LogP contribution in [0, 0.1) is 5.82 Å². The Kier molecular flexibility index (Phi) is 5.18. The highest BCUT2D eigenvalue weighted by atomic mass is 79.9. The first-order valence-corrected chi connectivity index (χ1v) is 7.70. The highest BCUT2D eigenvalue weighted by Crippen LogP contribution is 2.29. The van der Waals surface area contributed by atoms with Crippen LogP contribution >= 0.6 is 15.9 Å². The number of anilines is 1. The Labute approximate surface area is 128 Å². The molecule has 1 unspecified atom stereocenters. The Hall–Kier alpha value is -1.35. The van der Waals surface area contributed by atoms with Crippen molar-refractivity contribution in [3.8, 4) is 0 Å². The Morgan fingerprint density at radius 2 is 1.85 bits per heavy atom. The maximum absolute atomic E-state index is 13.8. The summed E-state index contributed by atoms with van der Waals surface area (Å²) < 4.78 is 14.5. The average Bonchev–Trinajstić information content (AvgIpc) is 2.44. The minimum absolute atomic E-state index is 0.0545. The van der Waals surface area contributed by atoms with E-state index in [1.54, 1.807) is 6.07 Å². The number of halogens is 2. The molecule has 0 radical (unpaired) electrons. The summed E-state index contributed by atoms with van der Waals surface area (Å²) in [4.78, 5) is 0. The maximum atomic E-state index is 13.8. The summed E-state index contributed by atoms with van der Waals surface area (Å²) >= 11 is 3.38. The molecule has 106 valence electrons. The van der Waals surface area contributed by atoms with Gasteiger partial charge in [0.05, 0.1) is 5.69 Å². The standard InChI is InChI=1S/C17H19BrFN/c1-3-5-13-8-10-14(11-9-13)12(2)20-17-15(18)6-4-7-16(17)19/h4,6-12,20H,3,5H2,1-2H3. The van der Waals surface area contributed by atoms with Crippen molar-refractivity contribution in [2.75, 3.05) is 5.32 Å². The van der Waals surface area contributed by atoms with E-state index in [0.717, 1.165) is 22.9 Å². The van der Waals surface area contributed by atoms with Gasteiger partial charge in [-0.25, -0.2) is 4.39 Å². The van der Waals surface area contributed by atoms with Gasteiger partial charge < -0.3 is 5.32 Å². The zero-order valence-corrected chi connectivity index (χ0v) is 13.4. The number of hydrogen-bond acceptors (Lipinski definition) is 1. The highest BCUT2D eigenvalue weighted by molar-refractivity contribution is 9.10. The molecule has 2 aromatic rings. The molecule has 0 saturated carbocycles. The molecule has 2 rings (SSSR count). The lowest BCUT2D eigenvalue weighted by atomic mass is 10.0. The van der Waals surface area contributed by atoms with Gasteiger partial charge in [0.15, 0.2) is 0 Å². The van der Waals surface area contributed by atoms with Gasteiger partial charge in [-0.1, -0.05) is 43.7 Å². The lowest BCUT2D eigenvalue weighted by Gasteiger charge is -2.17. The van der Waals surface area contributed by atoms with Crippen molar-refractivity contribution in [2.45, 2.75) is 32.7 Å². The van der Waals surface area contributed by atoms with E-state index in [1.165, 1.54) is 11.6 Å². The van der Waals surface area contributed by atoms with E-state index in [2.05, 4.69) is 52.4 Å². The van der Waals surface area contributed by atoms with Gasteiger partial charge in [-0.3, -0.25) is 0 Å². The molecule has 0 aromatic heterocycles. The molecule has 2 aromatic carbocycles. The van der Waals surface area contributed by atoms with Gasteiger partial charge in [-0.05, 0) is 52.5 Å². The first-order valence-electron chi connectivity index (χ1n) is 6.91. The van der Waals surface area contributed by atoms with Crippen LogP contribution in [0.4, 0.5) is 10.1 Å². The van der Waals surface area contributed by atoms with E-state index in [1.807, 2.05) is 13.0 Å². The van der Waals surface area contributed by atoms with Gasteiger partial charge in [0.2, 0.25) is 0 Å². The van der Waals surface area contributed by atoms with Crippen molar-refractivity contribution < 1.29 is 4.39 Å². The molecular weight excluding hydrogens is 317 g/mol. The summed E-state index contributed by atoms with van der Waals surface area (Å²) in [6.07, 6.45) is 2.25. The van der Waals surface area contributed by atoms with Gasteiger partial charge in [-0.15, -0.1) is 0 Å². The molecule has 0 amide bonds. The van der Waals surface area contributed by atoms with Crippen LogP contribution in [0.2, 0.25) is 0 Å². The fourth-order valence-corrected chi connectivity index (χ4v) is 2.65. The largest absolute Gasteiger partial charge is 0.375 e. The molecule has 0 spiro atoms. The monoisotopic (exact) mass is 335 g/mol. The van der Waals surface area contributed by atoms with E-state index < -0.39 is 0 Å². The van der Waals surface area contributed by atoms with E-state index in [-0.39, 0.29) is 11.9 Å². The lowest BCUT2D eigenvalue weighted by Crippen LogP contribution is -2.08. The third-order valence-corrected chi connectivity index (χ3v) is 4.00. The van der Waals surface area contributed by atoms with E-state index in [0.29, 0.717) is 5.69 Å². The van der Waals surface area contributed by atoms with Crippen LogP contribution < -0.4 is 5.32 Å². The maximum Gasteiger partial charge on any atom is 0.147 e. The summed E-state index contributed by atoms with van der Waals surface area (Å²) in [5.41, 5.74) is 3.01. The smallest absolute Gasteiger partial charge is 0.147 e. The Morgan fingerprint density at radius 1 is 1.15 bits per heavy atom. The normalized spacial score (nSPS) is 12.2. The minimum atomic E-state index is -0.242. The molecule has 0 aliphatic heterocycles. The summed E-state index contributed by atoms with van der Waals surface area (Å²) in [6.45, 7) is 4.21. The van der Waals surface area contributed by atoms with Crippen molar-refractivity contribution in [1.82, 2.24) is 0 Å². The van der Waals surface area contributed by atoms with Crippen LogP contribution in [0.3, 0.4) is 0 Å². The molecule has 1 atom stereocenters. The molecule has 0 aliphatic rings. The molecule has 0 aliphatic carbocycles. The molecule has 0 heterocycles. The van der Waals surface area contributed by atoms with Crippen LogP contribution in [-0.2, 0) is 6.42 Å². The minimum Gasteiger partial charge on any atom is -0.375 e. The predicted octanol–water partition coefficient (Wildman–Crippen LogP) is 5.71. The van der Waals surface area contributed by atoms with Gasteiger partial charge in [0.25, 0.3) is 0 Å². The van der Waals surface area contributed by atoms with Crippen LogP contribution in [0.25, 0.3) is 0 Å². The number of para-hydroxylation sites is 1. The van der Waals surface area contributed by atoms with Crippen LogP contribution in [0.1, 0.15) is 37.4 Å². The molecule has 0 fully saturated rings. The summed E-state index contributed by atoms with van der Waals surface area (Å²) in [5, 5.41) is 3.22. The third-order valence-electron chi connectivity index (χ3n) is 3.34. The topological polar surface area (TPSA) is 12.0 Å². The van der Waals surface area contributed by atoms with Gasteiger partial charge in [0.1, 0.15) is 5.82 Å². The van der Waals surface area contributed by atoms with Crippen LogP contribution in [0.15, 0.2) is 46.9 Å². The molecule has 3 heteroatoms. The third kappa shape index (κ3) is 3.60. The Bertz CT molecular complexity index is 545. The number of hydrogen-bond donors (Lipinski definition) is 1. The zero-order valence-electron chi connectivity index (χ0n) is 11.8. The summed E-state index contributed by atoms with van der Waals surface area (Å²) in [6, 6.07) is 13.6. The first-order chi connectivity index (χ1) is 9.61. The number of benzene rings is 2. The molecule has 1 nitrogen and oxygen atoms in total. The average molecular weight is 336 g/mol. The molecule has 1 N–H and O–H groups in total. The number of aryl methyl sites for hydroxylation is 1. The predicted molar refractivity (Wildman–Crippen MR) is 86.6 cm³/mol. The lowest BCUT2D eigenvalue weighted by molar-refractivity contribution is 0.626. The van der Waals surface area contributed by atoms with Gasteiger partial charge in [-0.2, -0.15) is 0 Å². The Balaban J connectivity index is 2.13. The Morgan fingerprint density at radius 3 is 2.45 bits per heavy atom. The second-order valence-corrected chi connectivity index (χ2v) is 5.81. The summed E-state index contributed by atoms with van der Waals surface area (Å²) in [5.74, 6) is -0.242. The number of rotatable bonds is 5. The van der Waals surface area contributed by atoms with Gasteiger partial charge >= 0.3 is 0 Å². The van der Waals surface area contributed by atoms with E-state index in [4.69, 9.17) is 0 Å². The highest BCUT2D eigenvalue weighted by Gasteiger charge is 2.11. The van der Waals surface area contributed by atoms with E-state index >= 15 is 0 Å². The fraction of sp³-hybridized carbons (Fsp3) is 0.294. The second-order valence-electron chi connectivity index (χ2n) is 4.95. The van der Waals surface area contributed by atoms with Crippen molar-refractivity contribution >= 4 is 21.6 Å². The summed E-state index contributed by atoms with van der Waals surface area (Å²) in [7, 11) is 0. The first kappa shape index (κ1) is 15.0. The van der Waals surface area contributed by atoms with Crippen molar-refractivity contribution in [3.63, 3.8) is 0 Å². The van der Waals surface area contributed by atoms with Crippen molar-refractivity contribution in [2.24, 2.45) is 0 Å². The zero-order chi connectivity index (χ0) is 14.5. The quantitative estimate of drug-likeness (QED) is 0.737. The van der Waals surface area contributed by atoms with Crippen molar-refractivity contribution in [1.29, 1.82) is 0 Å². The van der Waals surface area contributed by atoms with E-state index in [9.17, 15) is 4.39 Å². The fourth-order valence-electron chi connectivity index (χ4n) is 2.20. The van der Waals surface area contributed by atoms with Gasteiger partial charge in [0, 0.05) is 10.5 Å². The van der Waals surface area contributed by atoms with Crippen LogP contribution in [-0.4, -0.2) is 0 Å². The molecule has 0 saturated heterocycles. The molecule has 0 bridgehead atoms. The second kappa shape index (κ2) is 6.89.